The molecule has 0 fully saturated rings. The zero-order chi connectivity index (χ0) is 12.1. The van der Waals surface area contributed by atoms with E-state index in [-0.39, 0.29) is 5.91 Å². The summed E-state index contributed by atoms with van der Waals surface area (Å²) in [6, 6.07) is 6.00. The molecule has 1 aromatic carbocycles. The monoisotopic (exact) mass is 235 g/mol. The van der Waals surface area contributed by atoms with Crippen LogP contribution in [0.2, 0.25) is 0 Å². The molecule has 0 saturated carbocycles. The molecule has 0 spiro atoms. The zero-order valence-electron chi connectivity index (χ0n) is 9.99. The van der Waals surface area contributed by atoms with Gasteiger partial charge in [0.25, 0.3) is 0 Å². The van der Waals surface area contributed by atoms with Gasteiger partial charge in [0.15, 0.2) is 0 Å². The Hall–Kier alpha value is -1.22. The third-order valence-corrected chi connectivity index (χ3v) is 2.94. The van der Waals surface area contributed by atoms with Crippen LogP contribution in [-0.2, 0) is 4.79 Å². The summed E-state index contributed by atoms with van der Waals surface area (Å²) in [4.78, 5) is 13.6. The van der Waals surface area contributed by atoms with Gasteiger partial charge in [0.05, 0.1) is 11.4 Å². The number of anilines is 1. The molecule has 1 amide bonds. The lowest BCUT2D eigenvalue weighted by Crippen LogP contribution is -2.28. The van der Waals surface area contributed by atoms with Gasteiger partial charge in [-0.2, -0.15) is 11.8 Å². The fourth-order valence-corrected chi connectivity index (χ4v) is 2.08. The summed E-state index contributed by atoms with van der Waals surface area (Å²) < 4.78 is 0. The number of thioether (sulfide) groups is 1. The van der Waals surface area contributed by atoms with Crippen LogP contribution < -0.4 is 4.90 Å². The number of nitrogens with zero attached hydrogens (tertiary/aromatic N) is 1. The van der Waals surface area contributed by atoms with Crippen molar-refractivity contribution in [1.82, 2.24) is 0 Å². The molecule has 0 unspecified atom stereocenters. The number of para-hydroxylation sites is 1. The van der Waals surface area contributed by atoms with Crippen molar-refractivity contribution in [2.45, 2.75) is 13.8 Å². The first-order valence-corrected chi connectivity index (χ1v) is 6.51. The Bertz CT molecular complexity index is 381. The second-order valence-electron chi connectivity index (χ2n) is 3.62. The summed E-state index contributed by atoms with van der Waals surface area (Å²) in [5, 5.41) is 0. The predicted molar refractivity (Wildman–Crippen MR) is 72.0 cm³/mol. The standard InChI is InChI=1S/C13H17NOS/c1-5-14(12(15)9-16-4)13-10(2)7-6-8-11(13)3/h5-8H,1,9H2,2-4H3. The Morgan fingerprint density at radius 3 is 2.44 bits per heavy atom. The molecule has 16 heavy (non-hydrogen) atoms. The number of carbonyl (C=O) groups is 1. The van der Waals surface area contributed by atoms with Gasteiger partial charge in [-0.15, -0.1) is 0 Å². The molecule has 0 aromatic heterocycles. The fourth-order valence-electron chi connectivity index (χ4n) is 1.70. The van der Waals surface area contributed by atoms with Crippen molar-refractivity contribution in [2.24, 2.45) is 0 Å². The molecule has 1 rings (SSSR count). The van der Waals surface area contributed by atoms with E-state index in [0.29, 0.717) is 5.75 Å². The van der Waals surface area contributed by atoms with Crippen LogP contribution in [-0.4, -0.2) is 17.9 Å². The molecule has 1 aromatic rings. The van der Waals surface area contributed by atoms with Crippen LogP contribution in [0, 0.1) is 13.8 Å². The number of amides is 1. The van der Waals surface area contributed by atoms with Crippen LogP contribution in [0.15, 0.2) is 31.0 Å². The summed E-state index contributed by atoms with van der Waals surface area (Å²) in [5.74, 6) is 0.541. The van der Waals surface area contributed by atoms with E-state index in [0.717, 1.165) is 16.8 Å². The largest absolute Gasteiger partial charge is 0.287 e. The van der Waals surface area contributed by atoms with E-state index < -0.39 is 0 Å². The van der Waals surface area contributed by atoms with Gasteiger partial charge >= 0.3 is 0 Å². The molecule has 0 bridgehead atoms. The molecule has 0 aliphatic heterocycles. The first-order chi connectivity index (χ1) is 7.61. The van der Waals surface area contributed by atoms with Crippen LogP contribution in [0.4, 0.5) is 5.69 Å². The number of benzene rings is 1. The molecule has 0 aliphatic carbocycles. The summed E-state index contributed by atoms with van der Waals surface area (Å²) in [7, 11) is 0. The van der Waals surface area contributed by atoms with E-state index in [1.807, 2.05) is 38.3 Å². The van der Waals surface area contributed by atoms with Crippen molar-refractivity contribution >= 4 is 23.4 Å². The lowest BCUT2D eigenvalue weighted by Gasteiger charge is -2.22. The average Bonchev–Trinajstić information content (AvgIpc) is 2.24. The van der Waals surface area contributed by atoms with Crippen molar-refractivity contribution < 1.29 is 4.79 Å². The van der Waals surface area contributed by atoms with Gasteiger partial charge in [0.1, 0.15) is 0 Å². The van der Waals surface area contributed by atoms with Gasteiger partial charge in [0.2, 0.25) is 5.91 Å². The van der Waals surface area contributed by atoms with Crippen LogP contribution in [0.5, 0.6) is 0 Å². The minimum absolute atomic E-state index is 0.0694. The van der Waals surface area contributed by atoms with Crippen LogP contribution >= 0.6 is 11.8 Å². The Labute approximate surface area is 101 Å². The molecule has 86 valence electrons. The Morgan fingerprint density at radius 1 is 1.44 bits per heavy atom. The van der Waals surface area contributed by atoms with Crippen LogP contribution in [0.25, 0.3) is 0 Å². The highest BCUT2D eigenvalue weighted by Gasteiger charge is 2.15. The topological polar surface area (TPSA) is 20.3 Å². The SMILES string of the molecule is C=CN(C(=O)CSC)c1c(C)cccc1C. The second-order valence-corrected chi connectivity index (χ2v) is 4.49. The number of carbonyl (C=O) groups excluding carboxylic acids is 1. The predicted octanol–water partition coefficient (Wildman–Crippen LogP) is 3.14. The van der Waals surface area contributed by atoms with Crippen molar-refractivity contribution in [2.75, 3.05) is 16.9 Å². The quantitative estimate of drug-likeness (QED) is 0.799. The summed E-state index contributed by atoms with van der Waals surface area (Å²) >= 11 is 1.52. The smallest absolute Gasteiger partial charge is 0.241 e. The summed E-state index contributed by atoms with van der Waals surface area (Å²) in [5.41, 5.74) is 3.14. The Balaban J connectivity index is 3.13. The third-order valence-electron chi connectivity index (χ3n) is 2.40. The van der Waals surface area contributed by atoms with Crippen molar-refractivity contribution in [3.05, 3.63) is 42.1 Å². The highest BCUT2D eigenvalue weighted by Crippen LogP contribution is 2.25. The van der Waals surface area contributed by atoms with Crippen LogP contribution in [0.3, 0.4) is 0 Å². The zero-order valence-corrected chi connectivity index (χ0v) is 10.8. The van der Waals surface area contributed by atoms with Gasteiger partial charge in [-0.3, -0.25) is 9.69 Å². The maximum atomic E-state index is 11.9. The molecule has 0 atom stereocenters. The molecular formula is C13H17NOS. The number of aryl methyl sites for hydroxylation is 2. The van der Waals surface area contributed by atoms with E-state index >= 15 is 0 Å². The van der Waals surface area contributed by atoms with E-state index in [4.69, 9.17) is 0 Å². The van der Waals surface area contributed by atoms with Crippen molar-refractivity contribution in [3.8, 4) is 0 Å². The van der Waals surface area contributed by atoms with E-state index in [9.17, 15) is 4.79 Å². The lowest BCUT2D eigenvalue weighted by atomic mass is 10.1. The van der Waals surface area contributed by atoms with Gasteiger partial charge < -0.3 is 0 Å². The highest BCUT2D eigenvalue weighted by atomic mass is 32.2. The highest BCUT2D eigenvalue weighted by molar-refractivity contribution is 7.99. The minimum Gasteiger partial charge on any atom is -0.287 e. The van der Waals surface area contributed by atoms with E-state index in [1.165, 1.54) is 11.8 Å². The lowest BCUT2D eigenvalue weighted by molar-refractivity contribution is -0.115. The van der Waals surface area contributed by atoms with Gasteiger partial charge in [0, 0.05) is 6.20 Å². The van der Waals surface area contributed by atoms with Gasteiger partial charge in [-0.25, -0.2) is 0 Å². The Kier molecular flexibility index (Phi) is 4.62. The molecule has 2 nitrogen and oxygen atoms in total. The van der Waals surface area contributed by atoms with E-state index in [1.54, 1.807) is 11.1 Å². The molecule has 0 N–H and O–H groups in total. The number of hydrogen-bond donors (Lipinski definition) is 0. The van der Waals surface area contributed by atoms with Crippen molar-refractivity contribution in [3.63, 3.8) is 0 Å². The van der Waals surface area contributed by atoms with Gasteiger partial charge in [-0.05, 0) is 31.2 Å². The van der Waals surface area contributed by atoms with Crippen LogP contribution in [0.1, 0.15) is 11.1 Å². The maximum Gasteiger partial charge on any atom is 0.241 e. The molecular weight excluding hydrogens is 218 g/mol. The molecule has 3 heteroatoms. The van der Waals surface area contributed by atoms with E-state index in [2.05, 4.69) is 6.58 Å². The maximum absolute atomic E-state index is 11.9. The fraction of sp³-hybridized carbons (Fsp3) is 0.308. The molecule has 0 aliphatic rings. The number of rotatable bonds is 4. The van der Waals surface area contributed by atoms with Gasteiger partial charge in [-0.1, -0.05) is 24.8 Å². The molecule has 0 radical (unpaired) electrons. The number of hydrogen-bond acceptors (Lipinski definition) is 2. The van der Waals surface area contributed by atoms with Crippen molar-refractivity contribution in [1.29, 1.82) is 0 Å². The first kappa shape index (κ1) is 12.8. The molecule has 0 heterocycles. The summed E-state index contributed by atoms with van der Waals surface area (Å²) in [6.07, 6.45) is 3.51. The average molecular weight is 235 g/mol. The summed E-state index contributed by atoms with van der Waals surface area (Å²) in [6.45, 7) is 7.73. The minimum atomic E-state index is 0.0694. The Morgan fingerprint density at radius 2 is 2.00 bits per heavy atom. The second kappa shape index (κ2) is 5.75. The third kappa shape index (κ3) is 2.67. The normalized spacial score (nSPS) is 9.94. The molecule has 0 saturated heterocycles. The first-order valence-electron chi connectivity index (χ1n) is 5.11.